The summed E-state index contributed by atoms with van der Waals surface area (Å²) in [6.45, 7) is 0.161. The highest BCUT2D eigenvalue weighted by molar-refractivity contribution is 5.88. The van der Waals surface area contributed by atoms with Crippen molar-refractivity contribution in [1.29, 1.82) is 0 Å². The summed E-state index contributed by atoms with van der Waals surface area (Å²) >= 11 is 0. The molecular formula is C28H24N2O5. The SMILES string of the molecule is COC(=O)C1(c2ccc(-c3ccc(-c4ocnc4NC(=O)OCc4ccccc4)cc3)cc2)CC1. The Bertz CT molecular complexity index is 1320. The summed E-state index contributed by atoms with van der Waals surface area (Å²) in [6, 6.07) is 25.2. The van der Waals surface area contributed by atoms with Crippen LogP contribution in [0.2, 0.25) is 0 Å². The fourth-order valence-corrected chi connectivity index (χ4v) is 4.12. The van der Waals surface area contributed by atoms with Crippen LogP contribution >= 0.6 is 0 Å². The molecule has 1 saturated carbocycles. The zero-order chi connectivity index (χ0) is 24.3. The first kappa shape index (κ1) is 22.4. The van der Waals surface area contributed by atoms with Crippen molar-refractivity contribution in [2.75, 3.05) is 12.4 Å². The molecule has 0 spiro atoms. The van der Waals surface area contributed by atoms with E-state index in [4.69, 9.17) is 13.9 Å². The van der Waals surface area contributed by atoms with Crippen molar-refractivity contribution < 1.29 is 23.5 Å². The lowest BCUT2D eigenvalue weighted by molar-refractivity contribution is -0.143. The maximum Gasteiger partial charge on any atom is 0.413 e. The monoisotopic (exact) mass is 468 g/mol. The molecule has 35 heavy (non-hydrogen) atoms. The Balaban J connectivity index is 1.26. The molecular weight excluding hydrogens is 444 g/mol. The van der Waals surface area contributed by atoms with E-state index in [-0.39, 0.29) is 18.4 Å². The second-order valence-electron chi connectivity index (χ2n) is 8.45. The maximum absolute atomic E-state index is 12.2. The van der Waals surface area contributed by atoms with Crippen LogP contribution < -0.4 is 5.32 Å². The molecule has 1 heterocycles. The number of benzene rings is 3. The first-order chi connectivity index (χ1) is 17.1. The largest absolute Gasteiger partial charge is 0.468 e. The topological polar surface area (TPSA) is 90.7 Å². The van der Waals surface area contributed by atoms with Gasteiger partial charge in [0.15, 0.2) is 18.0 Å². The van der Waals surface area contributed by atoms with Crippen LogP contribution in [0.15, 0.2) is 89.7 Å². The first-order valence-corrected chi connectivity index (χ1v) is 11.3. The number of amides is 1. The molecule has 3 aromatic carbocycles. The lowest BCUT2D eigenvalue weighted by atomic mass is 9.93. The minimum absolute atomic E-state index is 0.161. The molecule has 4 aromatic rings. The number of aromatic nitrogens is 1. The van der Waals surface area contributed by atoms with Gasteiger partial charge in [0.1, 0.15) is 6.61 Å². The van der Waals surface area contributed by atoms with E-state index in [0.29, 0.717) is 5.76 Å². The average Bonchev–Trinajstić information content (AvgIpc) is 3.60. The highest BCUT2D eigenvalue weighted by Gasteiger charge is 2.52. The number of nitrogens with zero attached hydrogens (tertiary/aromatic N) is 1. The average molecular weight is 469 g/mol. The van der Waals surface area contributed by atoms with Gasteiger partial charge in [-0.1, -0.05) is 78.9 Å². The van der Waals surface area contributed by atoms with Crippen molar-refractivity contribution in [3.8, 4) is 22.5 Å². The smallest absolute Gasteiger partial charge is 0.413 e. The molecule has 1 N–H and O–H groups in total. The van der Waals surface area contributed by atoms with E-state index < -0.39 is 11.5 Å². The fraction of sp³-hybridized carbons (Fsp3) is 0.179. The standard InChI is InChI=1S/C28H24N2O5/c1-33-26(31)28(15-16-28)23-13-11-21(12-14-23)20-7-9-22(10-8-20)24-25(29-18-35-24)30-27(32)34-17-19-5-3-2-4-6-19/h2-14,18H,15-17H2,1H3,(H,30,32). The van der Waals surface area contributed by atoms with Gasteiger partial charge in [-0.15, -0.1) is 0 Å². The van der Waals surface area contributed by atoms with E-state index in [1.807, 2.05) is 78.9 Å². The van der Waals surface area contributed by atoms with Crippen LogP contribution in [-0.4, -0.2) is 24.2 Å². The van der Waals surface area contributed by atoms with Gasteiger partial charge in [0.05, 0.1) is 12.5 Å². The number of hydrogen-bond donors (Lipinski definition) is 1. The van der Waals surface area contributed by atoms with E-state index in [1.165, 1.54) is 13.5 Å². The molecule has 0 unspecified atom stereocenters. The summed E-state index contributed by atoms with van der Waals surface area (Å²) in [5, 5.41) is 2.64. The normalized spacial score (nSPS) is 13.6. The lowest BCUT2D eigenvalue weighted by Crippen LogP contribution is -2.21. The zero-order valence-corrected chi connectivity index (χ0v) is 19.2. The number of nitrogens with one attached hydrogen (secondary N) is 1. The summed E-state index contributed by atoms with van der Waals surface area (Å²) in [5.41, 5.74) is 4.21. The lowest BCUT2D eigenvalue weighted by Gasteiger charge is -2.13. The van der Waals surface area contributed by atoms with Crippen LogP contribution in [-0.2, 0) is 26.3 Å². The van der Waals surface area contributed by atoms with Gasteiger partial charge in [-0.3, -0.25) is 10.1 Å². The second-order valence-corrected chi connectivity index (χ2v) is 8.45. The van der Waals surface area contributed by atoms with Crippen LogP contribution in [0.1, 0.15) is 24.0 Å². The molecule has 1 aromatic heterocycles. The number of anilines is 1. The summed E-state index contributed by atoms with van der Waals surface area (Å²) in [6.07, 6.45) is 2.31. The number of oxazole rings is 1. The van der Waals surface area contributed by atoms with Gasteiger partial charge in [0.25, 0.3) is 0 Å². The van der Waals surface area contributed by atoms with Crippen molar-refractivity contribution in [1.82, 2.24) is 4.98 Å². The van der Waals surface area contributed by atoms with Gasteiger partial charge in [-0.2, -0.15) is 4.98 Å². The molecule has 1 fully saturated rings. The molecule has 7 heteroatoms. The Morgan fingerprint density at radius 1 is 0.914 bits per heavy atom. The van der Waals surface area contributed by atoms with E-state index in [9.17, 15) is 9.59 Å². The van der Waals surface area contributed by atoms with Gasteiger partial charge in [0.2, 0.25) is 0 Å². The highest BCUT2D eigenvalue weighted by Crippen LogP contribution is 2.49. The molecule has 1 aliphatic carbocycles. The van der Waals surface area contributed by atoms with E-state index in [0.717, 1.165) is 40.7 Å². The van der Waals surface area contributed by atoms with E-state index in [1.54, 1.807) is 0 Å². The first-order valence-electron chi connectivity index (χ1n) is 11.3. The molecule has 176 valence electrons. The van der Waals surface area contributed by atoms with Crippen LogP contribution in [0.3, 0.4) is 0 Å². The van der Waals surface area contributed by atoms with Crippen LogP contribution in [0.5, 0.6) is 0 Å². The molecule has 0 atom stereocenters. The van der Waals surface area contributed by atoms with Crippen LogP contribution in [0, 0.1) is 0 Å². The minimum atomic E-state index is -0.610. The van der Waals surface area contributed by atoms with E-state index in [2.05, 4.69) is 10.3 Å². The summed E-state index contributed by atoms with van der Waals surface area (Å²) < 4.78 is 15.8. The molecule has 1 aliphatic rings. The third kappa shape index (κ3) is 4.66. The Labute approximate surface area is 202 Å². The molecule has 1 amide bonds. The van der Waals surface area contributed by atoms with Crippen molar-refractivity contribution in [2.45, 2.75) is 24.9 Å². The summed E-state index contributed by atoms with van der Waals surface area (Å²) in [5.74, 6) is 0.560. The number of esters is 1. The number of carbonyl (C=O) groups excluding carboxylic acids is 2. The van der Waals surface area contributed by atoms with Crippen LogP contribution in [0.4, 0.5) is 10.6 Å². The number of methoxy groups -OCH3 is 1. The second kappa shape index (κ2) is 9.46. The third-order valence-corrected chi connectivity index (χ3v) is 6.24. The number of rotatable bonds is 7. The molecule has 0 bridgehead atoms. The van der Waals surface area contributed by atoms with Crippen molar-refractivity contribution in [3.63, 3.8) is 0 Å². The van der Waals surface area contributed by atoms with Crippen molar-refractivity contribution >= 4 is 17.9 Å². The highest BCUT2D eigenvalue weighted by atomic mass is 16.5. The molecule has 5 rings (SSSR count). The van der Waals surface area contributed by atoms with Gasteiger partial charge >= 0.3 is 12.1 Å². The van der Waals surface area contributed by atoms with E-state index >= 15 is 0 Å². The molecule has 0 radical (unpaired) electrons. The fourth-order valence-electron chi connectivity index (χ4n) is 4.12. The van der Waals surface area contributed by atoms with Gasteiger partial charge in [-0.25, -0.2) is 4.79 Å². The predicted octanol–water partition coefficient (Wildman–Crippen LogP) is 5.96. The quantitative estimate of drug-likeness (QED) is 0.337. The van der Waals surface area contributed by atoms with Crippen molar-refractivity contribution in [3.05, 3.63) is 96.4 Å². The van der Waals surface area contributed by atoms with Gasteiger partial charge < -0.3 is 13.9 Å². The van der Waals surface area contributed by atoms with Crippen LogP contribution in [0.25, 0.3) is 22.5 Å². The van der Waals surface area contributed by atoms with Crippen molar-refractivity contribution in [2.24, 2.45) is 0 Å². The molecule has 7 nitrogen and oxygen atoms in total. The Kier molecular flexibility index (Phi) is 6.06. The predicted molar refractivity (Wildman–Crippen MR) is 131 cm³/mol. The minimum Gasteiger partial charge on any atom is -0.468 e. The Morgan fingerprint density at radius 3 is 2.17 bits per heavy atom. The number of ether oxygens (including phenoxy) is 2. The number of hydrogen-bond acceptors (Lipinski definition) is 6. The Morgan fingerprint density at radius 2 is 1.54 bits per heavy atom. The summed E-state index contributed by atoms with van der Waals surface area (Å²) in [4.78, 5) is 28.5. The molecule has 0 saturated heterocycles. The number of carbonyl (C=O) groups is 2. The van der Waals surface area contributed by atoms with Gasteiger partial charge in [0, 0.05) is 5.56 Å². The maximum atomic E-state index is 12.2. The third-order valence-electron chi connectivity index (χ3n) is 6.24. The Hall–Kier alpha value is -4.39. The summed E-state index contributed by atoms with van der Waals surface area (Å²) in [7, 11) is 1.43. The zero-order valence-electron chi connectivity index (χ0n) is 19.2. The van der Waals surface area contributed by atoms with Gasteiger partial charge in [-0.05, 0) is 35.1 Å². The molecule has 0 aliphatic heterocycles.